The van der Waals surface area contributed by atoms with Gasteiger partial charge in [0.05, 0.1) is 11.6 Å². The van der Waals surface area contributed by atoms with E-state index in [0.29, 0.717) is 11.3 Å². The van der Waals surface area contributed by atoms with Crippen molar-refractivity contribution >= 4 is 11.6 Å². The molecule has 0 saturated carbocycles. The van der Waals surface area contributed by atoms with Gasteiger partial charge >= 0.3 is 5.97 Å². The molecular weight excluding hydrogens is 328 g/mol. The van der Waals surface area contributed by atoms with Crippen LogP contribution in [0.4, 0.5) is 0 Å². The number of pyridine rings is 1. The van der Waals surface area contributed by atoms with E-state index in [1.54, 1.807) is 12.3 Å². The maximum atomic E-state index is 12.6. The molecule has 1 aliphatic rings. The fourth-order valence-corrected chi connectivity index (χ4v) is 3.58. The number of nitrogens with zero attached hydrogens (tertiary/aromatic N) is 2. The highest BCUT2D eigenvalue weighted by Crippen LogP contribution is 2.32. The van der Waals surface area contributed by atoms with Gasteiger partial charge in [-0.05, 0) is 48.9 Å². The summed E-state index contributed by atoms with van der Waals surface area (Å²) in [6, 6.07) is 13.1. The number of ether oxygens (including phenoxy) is 1. The molecule has 1 unspecified atom stereocenters. The van der Waals surface area contributed by atoms with E-state index >= 15 is 0 Å². The Morgan fingerprint density at radius 3 is 3.00 bits per heavy atom. The molecule has 0 fully saturated rings. The molecule has 2 heterocycles. The van der Waals surface area contributed by atoms with Crippen LogP contribution in [0.15, 0.2) is 53.5 Å². The highest BCUT2D eigenvalue weighted by Gasteiger charge is 2.27. The van der Waals surface area contributed by atoms with E-state index in [1.165, 1.54) is 16.0 Å². The third-order valence-electron chi connectivity index (χ3n) is 4.88. The molecule has 3 aromatic rings. The van der Waals surface area contributed by atoms with Crippen LogP contribution in [0.1, 0.15) is 41.1 Å². The van der Waals surface area contributed by atoms with Crippen LogP contribution in [-0.2, 0) is 22.6 Å². The standard InChI is InChI=1S/C21H20N2O3/c1-14-9-10-19-22-16(11-20(24)23(19)12-14)13-26-21(25)18-8-4-6-15-5-2-3-7-17(15)18/h2-3,5,7,9-12,18H,4,6,8,13H2,1H3. The molecule has 0 saturated heterocycles. The molecule has 1 atom stereocenters. The third kappa shape index (κ3) is 3.12. The Bertz CT molecular complexity index is 1040. The van der Waals surface area contributed by atoms with Crippen LogP contribution in [0.3, 0.4) is 0 Å². The minimum atomic E-state index is -0.247. The second kappa shape index (κ2) is 6.75. The van der Waals surface area contributed by atoms with Crippen molar-refractivity contribution in [1.29, 1.82) is 0 Å². The normalized spacial score (nSPS) is 16.3. The number of hydrogen-bond donors (Lipinski definition) is 0. The second-order valence-electron chi connectivity index (χ2n) is 6.77. The number of aryl methyl sites for hydroxylation is 2. The van der Waals surface area contributed by atoms with Crippen molar-refractivity contribution in [2.75, 3.05) is 0 Å². The number of esters is 1. The maximum absolute atomic E-state index is 12.6. The second-order valence-corrected chi connectivity index (χ2v) is 6.77. The summed E-state index contributed by atoms with van der Waals surface area (Å²) in [5.41, 5.74) is 4.11. The number of rotatable bonds is 3. The first-order valence-corrected chi connectivity index (χ1v) is 8.85. The summed E-state index contributed by atoms with van der Waals surface area (Å²) in [5, 5.41) is 0. The van der Waals surface area contributed by atoms with Gasteiger partial charge in [-0.3, -0.25) is 14.0 Å². The lowest BCUT2D eigenvalue weighted by Crippen LogP contribution is -2.22. The lowest BCUT2D eigenvalue weighted by atomic mass is 9.83. The lowest BCUT2D eigenvalue weighted by molar-refractivity contribution is -0.147. The number of hydrogen-bond acceptors (Lipinski definition) is 4. The molecule has 0 bridgehead atoms. The van der Waals surface area contributed by atoms with Crippen LogP contribution < -0.4 is 5.56 Å². The number of aromatic nitrogens is 2. The fourth-order valence-electron chi connectivity index (χ4n) is 3.58. The number of carbonyl (C=O) groups is 1. The Balaban J connectivity index is 1.53. The van der Waals surface area contributed by atoms with Crippen molar-refractivity contribution in [3.05, 3.63) is 81.4 Å². The molecule has 5 heteroatoms. The van der Waals surface area contributed by atoms with Gasteiger partial charge in [-0.2, -0.15) is 0 Å². The largest absolute Gasteiger partial charge is 0.459 e. The van der Waals surface area contributed by atoms with Crippen molar-refractivity contribution in [2.24, 2.45) is 0 Å². The Labute approximate surface area is 151 Å². The summed E-state index contributed by atoms with van der Waals surface area (Å²) in [5.74, 6) is -0.479. The maximum Gasteiger partial charge on any atom is 0.313 e. The molecule has 0 N–H and O–H groups in total. The summed E-state index contributed by atoms with van der Waals surface area (Å²) < 4.78 is 7.00. The van der Waals surface area contributed by atoms with Crippen molar-refractivity contribution in [3.63, 3.8) is 0 Å². The highest BCUT2D eigenvalue weighted by molar-refractivity contribution is 5.79. The van der Waals surface area contributed by atoms with Crippen molar-refractivity contribution < 1.29 is 9.53 Å². The highest BCUT2D eigenvalue weighted by atomic mass is 16.5. The summed E-state index contributed by atoms with van der Waals surface area (Å²) in [7, 11) is 0. The minimum Gasteiger partial charge on any atom is -0.459 e. The van der Waals surface area contributed by atoms with Crippen molar-refractivity contribution in [1.82, 2.24) is 9.38 Å². The topological polar surface area (TPSA) is 60.7 Å². The first kappa shape index (κ1) is 16.5. The molecule has 0 radical (unpaired) electrons. The van der Waals surface area contributed by atoms with E-state index in [1.807, 2.05) is 31.2 Å². The first-order chi connectivity index (χ1) is 12.6. The Morgan fingerprint density at radius 1 is 1.27 bits per heavy atom. The van der Waals surface area contributed by atoms with Gasteiger partial charge in [0.1, 0.15) is 12.3 Å². The summed E-state index contributed by atoms with van der Waals surface area (Å²) in [6.45, 7) is 1.93. The molecule has 5 nitrogen and oxygen atoms in total. The fraction of sp³-hybridized carbons (Fsp3) is 0.286. The summed E-state index contributed by atoms with van der Waals surface area (Å²) >= 11 is 0. The van der Waals surface area contributed by atoms with E-state index in [4.69, 9.17) is 4.74 Å². The Kier molecular flexibility index (Phi) is 4.29. The van der Waals surface area contributed by atoms with Gasteiger partial charge in [0.15, 0.2) is 0 Å². The van der Waals surface area contributed by atoms with Crippen LogP contribution in [0.25, 0.3) is 5.65 Å². The van der Waals surface area contributed by atoms with Crippen molar-refractivity contribution in [2.45, 2.75) is 38.7 Å². The Morgan fingerprint density at radius 2 is 2.12 bits per heavy atom. The van der Waals surface area contributed by atoms with E-state index in [9.17, 15) is 9.59 Å². The van der Waals surface area contributed by atoms with Gasteiger partial charge in [0.2, 0.25) is 0 Å². The van der Waals surface area contributed by atoms with Gasteiger partial charge in [0, 0.05) is 12.3 Å². The van der Waals surface area contributed by atoms with Crippen LogP contribution in [0, 0.1) is 6.92 Å². The van der Waals surface area contributed by atoms with Gasteiger partial charge in [-0.25, -0.2) is 4.98 Å². The molecular formula is C21H20N2O3. The smallest absolute Gasteiger partial charge is 0.313 e. The molecule has 0 amide bonds. The zero-order valence-electron chi connectivity index (χ0n) is 14.6. The average Bonchev–Trinajstić information content (AvgIpc) is 2.66. The Hall–Kier alpha value is -2.95. The monoisotopic (exact) mass is 348 g/mol. The molecule has 4 rings (SSSR count). The van der Waals surface area contributed by atoms with E-state index in [0.717, 1.165) is 30.4 Å². The zero-order valence-corrected chi connectivity index (χ0v) is 14.6. The number of benzene rings is 1. The van der Waals surface area contributed by atoms with Gasteiger partial charge < -0.3 is 4.74 Å². The molecule has 0 spiro atoms. The molecule has 2 aromatic heterocycles. The molecule has 1 aromatic carbocycles. The van der Waals surface area contributed by atoms with Gasteiger partial charge in [0.25, 0.3) is 5.56 Å². The number of carbonyl (C=O) groups excluding carboxylic acids is 1. The average molecular weight is 348 g/mol. The van der Waals surface area contributed by atoms with Crippen LogP contribution in [0.5, 0.6) is 0 Å². The quantitative estimate of drug-likeness (QED) is 0.682. The molecule has 26 heavy (non-hydrogen) atoms. The third-order valence-corrected chi connectivity index (χ3v) is 4.88. The van der Waals surface area contributed by atoms with Crippen LogP contribution in [-0.4, -0.2) is 15.4 Å². The van der Waals surface area contributed by atoms with E-state index in [-0.39, 0.29) is 24.1 Å². The number of fused-ring (bicyclic) bond motifs is 2. The zero-order chi connectivity index (χ0) is 18.1. The first-order valence-electron chi connectivity index (χ1n) is 8.85. The minimum absolute atomic E-state index is 0.0110. The predicted octanol–water partition coefficient (Wildman–Crippen LogP) is 3.17. The van der Waals surface area contributed by atoms with Crippen LogP contribution in [0.2, 0.25) is 0 Å². The molecule has 132 valence electrons. The van der Waals surface area contributed by atoms with E-state index < -0.39 is 0 Å². The summed E-state index contributed by atoms with van der Waals surface area (Å²) in [4.78, 5) is 29.3. The predicted molar refractivity (Wildman–Crippen MR) is 98.1 cm³/mol. The molecule has 1 aliphatic carbocycles. The SMILES string of the molecule is Cc1ccc2nc(COC(=O)C3CCCc4ccccc43)cc(=O)n2c1. The summed E-state index contributed by atoms with van der Waals surface area (Å²) in [6.07, 6.45) is 4.52. The van der Waals surface area contributed by atoms with Crippen molar-refractivity contribution in [3.8, 4) is 0 Å². The van der Waals surface area contributed by atoms with E-state index in [2.05, 4.69) is 11.1 Å². The lowest BCUT2D eigenvalue weighted by Gasteiger charge is -2.23. The van der Waals surface area contributed by atoms with Gasteiger partial charge in [-0.15, -0.1) is 0 Å². The van der Waals surface area contributed by atoms with Gasteiger partial charge in [-0.1, -0.05) is 30.3 Å². The molecule has 0 aliphatic heterocycles. The van der Waals surface area contributed by atoms with Crippen LogP contribution >= 0.6 is 0 Å².